The van der Waals surface area contributed by atoms with E-state index in [9.17, 15) is 0 Å². The third-order valence-corrected chi connectivity index (χ3v) is 2.75. The van der Waals surface area contributed by atoms with Crippen LogP contribution in [0.15, 0.2) is 30.5 Å². The minimum atomic E-state index is -0.0335. The van der Waals surface area contributed by atoms with Crippen LogP contribution in [0.5, 0.6) is 0 Å². The second kappa shape index (κ2) is 3.91. The van der Waals surface area contributed by atoms with Crippen LogP contribution in [0.3, 0.4) is 0 Å². The van der Waals surface area contributed by atoms with Crippen molar-refractivity contribution >= 4 is 5.69 Å². The van der Waals surface area contributed by atoms with Crippen LogP contribution in [0.25, 0.3) is 11.3 Å². The summed E-state index contributed by atoms with van der Waals surface area (Å²) >= 11 is 0. The Morgan fingerprint density at radius 2 is 1.94 bits per heavy atom. The maximum absolute atomic E-state index is 5.84. The zero-order valence-corrected chi connectivity index (χ0v) is 10.9. The van der Waals surface area contributed by atoms with E-state index < -0.39 is 0 Å². The molecule has 0 aliphatic rings. The number of aryl methyl sites for hydroxylation is 1. The predicted octanol–water partition coefficient (Wildman–Crippen LogP) is 3.20. The quantitative estimate of drug-likeness (QED) is 0.763. The topological polar surface area (TPSA) is 43.8 Å². The molecule has 0 atom stereocenters. The number of hydrogen-bond donors (Lipinski definition) is 1. The van der Waals surface area contributed by atoms with Crippen molar-refractivity contribution in [3.63, 3.8) is 0 Å². The Bertz CT molecular complexity index is 533. The maximum atomic E-state index is 5.84. The fourth-order valence-electron chi connectivity index (χ4n) is 1.97. The van der Waals surface area contributed by atoms with Gasteiger partial charge < -0.3 is 5.73 Å². The molecule has 0 saturated carbocycles. The number of nitrogen functional groups attached to an aromatic ring is 1. The molecule has 0 spiro atoms. The van der Waals surface area contributed by atoms with Gasteiger partial charge in [0.2, 0.25) is 0 Å². The van der Waals surface area contributed by atoms with E-state index in [-0.39, 0.29) is 5.54 Å². The van der Waals surface area contributed by atoms with E-state index in [1.807, 2.05) is 24.4 Å². The SMILES string of the molecule is Cc1cnn(C(C)(C)C)c1-c1cccc(N)c1. The number of benzene rings is 1. The van der Waals surface area contributed by atoms with Gasteiger partial charge in [-0.05, 0) is 45.4 Å². The average Bonchev–Trinajstić information content (AvgIpc) is 2.59. The van der Waals surface area contributed by atoms with E-state index in [0.29, 0.717) is 0 Å². The predicted molar refractivity (Wildman–Crippen MR) is 71.8 cm³/mol. The Morgan fingerprint density at radius 3 is 2.53 bits per heavy atom. The van der Waals surface area contributed by atoms with Crippen LogP contribution in [0, 0.1) is 6.92 Å². The fourth-order valence-corrected chi connectivity index (χ4v) is 1.97. The monoisotopic (exact) mass is 229 g/mol. The molecule has 0 radical (unpaired) electrons. The molecule has 0 aliphatic carbocycles. The maximum Gasteiger partial charge on any atom is 0.0718 e. The lowest BCUT2D eigenvalue weighted by atomic mass is 10.0. The molecular formula is C14H19N3. The number of rotatable bonds is 1. The molecule has 17 heavy (non-hydrogen) atoms. The summed E-state index contributed by atoms with van der Waals surface area (Å²) in [4.78, 5) is 0. The first kappa shape index (κ1) is 11.7. The summed E-state index contributed by atoms with van der Waals surface area (Å²) in [7, 11) is 0. The summed E-state index contributed by atoms with van der Waals surface area (Å²) < 4.78 is 2.05. The molecule has 0 saturated heterocycles. The normalized spacial score (nSPS) is 11.8. The number of nitrogens with two attached hydrogens (primary N) is 1. The summed E-state index contributed by atoms with van der Waals surface area (Å²) in [6, 6.07) is 7.94. The first-order chi connectivity index (χ1) is 7.89. The Balaban J connectivity index is 2.63. The molecule has 0 amide bonds. The van der Waals surface area contributed by atoms with Gasteiger partial charge >= 0.3 is 0 Å². The molecule has 3 nitrogen and oxygen atoms in total. The minimum absolute atomic E-state index is 0.0335. The van der Waals surface area contributed by atoms with Crippen LogP contribution >= 0.6 is 0 Å². The van der Waals surface area contributed by atoms with E-state index in [1.54, 1.807) is 0 Å². The van der Waals surface area contributed by atoms with Gasteiger partial charge in [-0.1, -0.05) is 12.1 Å². The van der Waals surface area contributed by atoms with Crippen LogP contribution < -0.4 is 5.73 Å². The Morgan fingerprint density at radius 1 is 1.24 bits per heavy atom. The molecule has 3 heteroatoms. The number of nitrogens with zero attached hydrogens (tertiary/aromatic N) is 2. The highest BCUT2D eigenvalue weighted by Gasteiger charge is 2.20. The molecule has 0 fully saturated rings. The van der Waals surface area contributed by atoms with Crippen molar-refractivity contribution in [1.29, 1.82) is 0 Å². The van der Waals surface area contributed by atoms with Crippen molar-refractivity contribution in [2.75, 3.05) is 5.73 Å². The van der Waals surface area contributed by atoms with Gasteiger partial charge in [0.25, 0.3) is 0 Å². The van der Waals surface area contributed by atoms with Crippen LogP contribution in [0.1, 0.15) is 26.3 Å². The average molecular weight is 229 g/mol. The molecule has 1 aromatic carbocycles. The molecule has 2 rings (SSSR count). The van der Waals surface area contributed by atoms with Gasteiger partial charge in [-0.15, -0.1) is 0 Å². The van der Waals surface area contributed by atoms with Gasteiger partial charge in [-0.2, -0.15) is 5.10 Å². The third-order valence-electron chi connectivity index (χ3n) is 2.75. The van der Waals surface area contributed by atoms with Crippen molar-refractivity contribution in [3.05, 3.63) is 36.0 Å². The Hall–Kier alpha value is -1.77. The van der Waals surface area contributed by atoms with Crippen LogP contribution in [-0.4, -0.2) is 9.78 Å². The smallest absolute Gasteiger partial charge is 0.0718 e. The van der Waals surface area contributed by atoms with Crippen LogP contribution in [0.4, 0.5) is 5.69 Å². The molecule has 2 N–H and O–H groups in total. The molecule has 2 aromatic rings. The van der Waals surface area contributed by atoms with Gasteiger partial charge in [0.15, 0.2) is 0 Å². The highest BCUT2D eigenvalue weighted by molar-refractivity contribution is 5.67. The lowest BCUT2D eigenvalue weighted by molar-refractivity contribution is 0.360. The summed E-state index contributed by atoms with van der Waals surface area (Å²) in [6.45, 7) is 8.52. The molecule has 0 unspecified atom stereocenters. The van der Waals surface area contributed by atoms with E-state index in [0.717, 1.165) is 16.9 Å². The van der Waals surface area contributed by atoms with Crippen LogP contribution in [-0.2, 0) is 5.54 Å². The van der Waals surface area contributed by atoms with E-state index in [4.69, 9.17) is 5.73 Å². The lowest BCUT2D eigenvalue weighted by Crippen LogP contribution is -2.24. The Kier molecular flexibility index (Phi) is 2.69. The van der Waals surface area contributed by atoms with Gasteiger partial charge in [0.1, 0.15) is 0 Å². The van der Waals surface area contributed by atoms with E-state index >= 15 is 0 Å². The molecule has 0 aliphatic heterocycles. The summed E-state index contributed by atoms with van der Waals surface area (Å²) in [5.41, 5.74) is 10.0. The molecule has 90 valence electrons. The summed E-state index contributed by atoms with van der Waals surface area (Å²) in [5, 5.41) is 4.47. The molecular weight excluding hydrogens is 210 g/mol. The first-order valence-corrected chi connectivity index (χ1v) is 5.80. The van der Waals surface area contributed by atoms with E-state index in [1.165, 1.54) is 5.56 Å². The number of aromatic nitrogens is 2. The summed E-state index contributed by atoms with van der Waals surface area (Å²) in [6.07, 6.45) is 1.91. The Labute approximate surface area is 102 Å². The zero-order chi connectivity index (χ0) is 12.6. The van der Waals surface area contributed by atoms with Crippen molar-refractivity contribution in [2.45, 2.75) is 33.2 Å². The molecule has 1 aromatic heterocycles. The van der Waals surface area contributed by atoms with Gasteiger partial charge in [-0.3, -0.25) is 4.68 Å². The van der Waals surface area contributed by atoms with Crippen molar-refractivity contribution in [1.82, 2.24) is 9.78 Å². The van der Waals surface area contributed by atoms with Gasteiger partial charge in [0.05, 0.1) is 17.4 Å². The van der Waals surface area contributed by atoms with Gasteiger partial charge in [0, 0.05) is 11.3 Å². The summed E-state index contributed by atoms with van der Waals surface area (Å²) in [5.74, 6) is 0. The molecule has 0 bridgehead atoms. The van der Waals surface area contributed by atoms with Crippen molar-refractivity contribution < 1.29 is 0 Å². The number of hydrogen-bond acceptors (Lipinski definition) is 2. The highest BCUT2D eigenvalue weighted by atomic mass is 15.3. The highest BCUT2D eigenvalue weighted by Crippen LogP contribution is 2.29. The fraction of sp³-hybridized carbons (Fsp3) is 0.357. The van der Waals surface area contributed by atoms with Gasteiger partial charge in [-0.25, -0.2) is 0 Å². The molecule has 1 heterocycles. The third kappa shape index (κ3) is 2.18. The van der Waals surface area contributed by atoms with Crippen molar-refractivity contribution in [3.8, 4) is 11.3 Å². The van der Waals surface area contributed by atoms with Crippen LogP contribution in [0.2, 0.25) is 0 Å². The first-order valence-electron chi connectivity index (χ1n) is 5.80. The number of anilines is 1. The minimum Gasteiger partial charge on any atom is -0.399 e. The second-order valence-corrected chi connectivity index (χ2v) is 5.38. The zero-order valence-electron chi connectivity index (χ0n) is 10.9. The van der Waals surface area contributed by atoms with Crippen molar-refractivity contribution in [2.24, 2.45) is 0 Å². The second-order valence-electron chi connectivity index (χ2n) is 5.38. The lowest BCUT2D eigenvalue weighted by Gasteiger charge is -2.23. The largest absolute Gasteiger partial charge is 0.399 e. The van der Waals surface area contributed by atoms with E-state index in [2.05, 4.69) is 43.5 Å². The standard InChI is InChI=1S/C14H19N3/c1-10-9-16-17(14(2,3)4)13(10)11-6-5-7-12(15)8-11/h5-9H,15H2,1-4H3.